The molecule has 1 aliphatic rings. The van der Waals surface area contributed by atoms with Gasteiger partial charge in [-0.15, -0.1) is 0 Å². The minimum Gasteiger partial charge on any atom is -0.348 e. The Bertz CT molecular complexity index is 882. The van der Waals surface area contributed by atoms with Crippen LogP contribution in [0.2, 0.25) is 5.02 Å². The SMILES string of the molecule is O=C(NCc1cccnc1)c1ccc(Cl)c(S(=O)(=O)N2CCCCC2)c1. The van der Waals surface area contributed by atoms with E-state index in [1.165, 1.54) is 22.5 Å². The van der Waals surface area contributed by atoms with Crippen molar-refractivity contribution in [3.8, 4) is 0 Å². The maximum Gasteiger partial charge on any atom is 0.251 e. The Kier molecular flexibility index (Phi) is 5.90. The molecule has 138 valence electrons. The second-order valence-electron chi connectivity index (χ2n) is 6.15. The highest BCUT2D eigenvalue weighted by Crippen LogP contribution is 2.27. The number of hydrogen-bond donors (Lipinski definition) is 1. The van der Waals surface area contributed by atoms with Crippen LogP contribution in [0.5, 0.6) is 0 Å². The lowest BCUT2D eigenvalue weighted by Crippen LogP contribution is -2.36. The van der Waals surface area contributed by atoms with Gasteiger partial charge < -0.3 is 5.32 Å². The quantitative estimate of drug-likeness (QED) is 0.847. The molecule has 6 nitrogen and oxygen atoms in total. The van der Waals surface area contributed by atoms with Crippen LogP contribution in [0.15, 0.2) is 47.6 Å². The second-order valence-corrected chi connectivity index (χ2v) is 8.47. The standard InChI is InChI=1S/C18H20ClN3O3S/c19-16-7-6-15(18(23)21-13-14-5-4-8-20-12-14)11-17(16)26(24,25)22-9-2-1-3-10-22/h4-8,11-12H,1-3,9-10,13H2,(H,21,23). The number of carbonyl (C=O) groups is 1. The molecule has 0 spiro atoms. The molecule has 0 bridgehead atoms. The van der Waals surface area contributed by atoms with Crippen LogP contribution in [0, 0.1) is 0 Å². The van der Waals surface area contributed by atoms with Gasteiger partial charge in [-0.3, -0.25) is 9.78 Å². The summed E-state index contributed by atoms with van der Waals surface area (Å²) >= 11 is 6.13. The zero-order chi connectivity index (χ0) is 18.6. The summed E-state index contributed by atoms with van der Waals surface area (Å²) in [4.78, 5) is 16.4. The number of carbonyl (C=O) groups excluding carboxylic acids is 1. The number of pyridine rings is 1. The first-order valence-electron chi connectivity index (χ1n) is 8.45. The van der Waals surface area contributed by atoms with E-state index >= 15 is 0 Å². The van der Waals surface area contributed by atoms with E-state index in [1.54, 1.807) is 18.5 Å². The number of amides is 1. The van der Waals surface area contributed by atoms with Gasteiger partial charge in [0.15, 0.2) is 0 Å². The van der Waals surface area contributed by atoms with Crippen LogP contribution in [0.4, 0.5) is 0 Å². The summed E-state index contributed by atoms with van der Waals surface area (Å²) in [5.74, 6) is -0.361. The molecule has 1 fully saturated rings. The third-order valence-corrected chi connectivity index (χ3v) is 6.68. The molecule has 2 aromatic rings. The first-order valence-corrected chi connectivity index (χ1v) is 10.3. The molecule has 26 heavy (non-hydrogen) atoms. The first-order chi connectivity index (χ1) is 12.5. The van der Waals surface area contributed by atoms with E-state index in [4.69, 9.17) is 11.6 Å². The first kappa shape index (κ1) is 18.8. The number of halogens is 1. The molecule has 0 aliphatic carbocycles. The van der Waals surface area contributed by atoms with Crippen LogP contribution >= 0.6 is 11.6 Å². The fourth-order valence-corrected chi connectivity index (χ4v) is 4.89. The van der Waals surface area contributed by atoms with Gasteiger partial charge in [0.25, 0.3) is 5.91 Å². The summed E-state index contributed by atoms with van der Waals surface area (Å²) in [6, 6.07) is 7.97. The van der Waals surface area contributed by atoms with Crippen LogP contribution in [0.3, 0.4) is 0 Å². The lowest BCUT2D eigenvalue weighted by Gasteiger charge is -2.26. The Morgan fingerprint density at radius 3 is 2.65 bits per heavy atom. The molecular weight excluding hydrogens is 374 g/mol. The third-order valence-electron chi connectivity index (χ3n) is 4.30. The van der Waals surface area contributed by atoms with Crippen molar-refractivity contribution < 1.29 is 13.2 Å². The van der Waals surface area contributed by atoms with Gasteiger partial charge in [-0.25, -0.2) is 8.42 Å². The van der Waals surface area contributed by atoms with Crippen LogP contribution in [0.1, 0.15) is 35.2 Å². The van der Waals surface area contributed by atoms with Gasteiger partial charge in [0.1, 0.15) is 4.90 Å². The van der Waals surface area contributed by atoms with Gasteiger partial charge in [-0.2, -0.15) is 4.31 Å². The molecule has 0 saturated carbocycles. The largest absolute Gasteiger partial charge is 0.348 e. The summed E-state index contributed by atoms with van der Waals surface area (Å²) in [7, 11) is -3.70. The zero-order valence-corrected chi connectivity index (χ0v) is 15.8. The molecule has 0 atom stereocenters. The highest BCUT2D eigenvalue weighted by Gasteiger charge is 2.28. The molecule has 2 heterocycles. The summed E-state index contributed by atoms with van der Waals surface area (Å²) in [6.07, 6.45) is 6.01. The minimum atomic E-state index is -3.70. The molecule has 0 radical (unpaired) electrons. The topological polar surface area (TPSA) is 79.4 Å². The number of hydrogen-bond acceptors (Lipinski definition) is 4. The van der Waals surface area contributed by atoms with E-state index in [0.717, 1.165) is 24.8 Å². The van der Waals surface area contributed by atoms with Gasteiger partial charge in [0.2, 0.25) is 10.0 Å². The second kappa shape index (κ2) is 8.16. The van der Waals surface area contributed by atoms with Gasteiger partial charge in [0.05, 0.1) is 5.02 Å². The zero-order valence-electron chi connectivity index (χ0n) is 14.2. The molecule has 1 N–H and O–H groups in total. The molecule has 1 saturated heterocycles. The van der Waals surface area contributed by atoms with Crippen molar-refractivity contribution in [2.75, 3.05) is 13.1 Å². The molecule has 3 rings (SSSR count). The molecule has 1 aromatic carbocycles. The lowest BCUT2D eigenvalue weighted by atomic mass is 10.2. The van der Waals surface area contributed by atoms with Gasteiger partial charge in [-0.1, -0.05) is 24.1 Å². The van der Waals surface area contributed by atoms with Crippen LogP contribution < -0.4 is 5.32 Å². The summed E-state index contributed by atoms with van der Waals surface area (Å²) in [5.41, 5.74) is 1.12. The van der Waals surface area contributed by atoms with E-state index in [-0.39, 0.29) is 21.4 Å². The number of piperidine rings is 1. The highest BCUT2D eigenvalue weighted by atomic mass is 35.5. The van der Waals surface area contributed by atoms with E-state index in [1.807, 2.05) is 6.07 Å². The Hall–Kier alpha value is -1.96. The minimum absolute atomic E-state index is 0.0184. The highest BCUT2D eigenvalue weighted by molar-refractivity contribution is 7.89. The number of nitrogens with one attached hydrogen (secondary N) is 1. The van der Waals surface area contributed by atoms with Gasteiger partial charge >= 0.3 is 0 Å². The van der Waals surface area contributed by atoms with Crippen molar-refractivity contribution in [2.45, 2.75) is 30.7 Å². The Morgan fingerprint density at radius 1 is 1.19 bits per heavy atom. The Morgan fingerprint density at radius 2 is 1.96 bits per heavy atom. The molecule has 1 aliphatic heterocycles. The van der Waals surface area contributed by atoms with Crippen molar-refractivity contribution in [1.82, 2.24) is 14.6 Å². The molecular formula is C18H20ClN3O3S. The van der Waals surface area contributed by atoms with Crippen molar-refractivity contribution in [2.24, 2.45) is 0 Å². The van der Waals surface area contributed by atoms with Gasteiger partial charge in [-0.05, 0) is 42.7 Å². The van der Waals surface area contributed by atoms with E-state index in [9.17, 15) is 13.2 Å². The maximum absolute atomic E-state index is 12.9. The fourth-order valence-electron chi connectivity index (χ4n) is 2.87. The monoisotopic (exact) mass is 393 g/mol. The average Bonchev–Trinajstić information content (AvgIpc) is 2.68. The smallest absolute Gasteiger partial charge is 0.251 e. The van der Waals surface area contributed by atoms with Crippen molar-refractivity contribution in [3.05, 3.63) is 58.9 Å². The number of sulfonamides is 1. The molecule has 8 heteroatoms. The number of aromatic nitrogens is 1. The molecule has 1 aromatic heterocycles. The van der Waals surface area contributed by atoms with Crippen molar-refractivity contribution >= 4 is 27.5 Å². The van der Waals surface area contributed by atoms with Gasteiger partial charge in [0, 0.05) is 37.6 Å². The van der Waals surface area contributed by atoms with Crippen molar-refractivity contribution in [1.29, 1.82) is 0 Å². The Labute approximate surface area is 158 Å². The summed E-state index contributed by atoms with van der Waals surface area (Å²) < 4.78 is 27.2. The van der Waals surface area contributed by atoms with E-state index < -0.39 is 10.0 Å². The fraction of sp³-hybridized carbons (Fsp3) is 0.333. The summed E-state index contributed by atoms with van der Waals surface area (Å²) in [5, 5.41) is 2.89. The number of nitrogens with zero attached hydrogens (tertiary/aromatic N) is 2. The number of benzene rings is 1. The average molecular weight is 394 g/mol. The molecule has 0 unspecified atom stereocenters. The van der Waals surface area contributed by atoms with E-state index in [0.29, 0.717) is 19.6 Å². The van der Waals surface area contributed by atoms with Crippen LogP contribution in [-0.4, -0.2) is 36.7 Å². The van der Waals surface area contributed by atoms with Crippen LogP contribution in [-0.2, 0) is 16.6 Å². The predicted octanol–water partition coefficient (Wildman–Crippen LogP) is 2.84. The normalized spacial score (nSPS) is 15.6. The van der Waals surface area contributed by atoms with E-state index in [2.05, 4.69) is 10.3 Å². The predicted molar refractivity (Wildman–Crippen MR) is 99.5 cm³/mol. The van der Waals surface area contributed by atoms with Crippen LogP contribution in [0.25, 0.3) is 0 Å². The maximum atomic E-state index is 12.9. The lowest BCUT2D eigenvalue weighted by molar-refractivity contribution is 0.0950. The Balaban J connectivity index is 1.79. The third kappa shape index (κ3) is 4.23. The van der Waals surface area contributed by atoms with Crippen molar-refractivity contribution in [3.63, 3.8) is 0 Å². The number of rotatable bonds is 5. The summed E-state index contributed by atoms with van der Waals surface area (Å²) in [6.45, 7) is 1.27. The molecule has 1 amide bonds.